The summed E-state index contributed by atoms with van der Waals surface area (Å²) in [5, 5.41) is 17.7. The first-order chi connectivity index (χ1) is 23.0. The van der Waals surface area contributed by atoms with Gasteiger partial charge in [-0.15, -0.1) is 29.1 Å². The molecule has 0 fully saturated rings. The number of halogens is 1. The quantitative estimate of drug-likeness (QED) is 0.0717. The summed E-state index contributed by atoms with van der Waals surface area (Å²) in [4.78, 5) is 16.9. The second kappa shape index (κ2) is 14.0. The zero-order valence-electron chi connectivity index (χ0n) is 29.3. The number of aliphatic hydroxyl groups is 1. The molecular weight excluding hydrogens is 790 g/mol. The van der Waals surface area contributed by atoms with Crippen molar-refractivity contribution in [3.8, 4) is 11.3 Å². The Morgan fingerprint density at radius 1 is 0.837 bits per heavy atom. The number of fused-ring (bicyclic) bond motifs is 3. The average Bonchev–Trinajstić information content (AvgIpc) is 3.48. The number of aryl methyl sites for hydroxylation is 1. The average molecular weight is 833 g/mol. The molecule has 2 heterocycles. The Hall–Kier alpha value is -4.12. The zero-order chi connectivity index (χ0) is 34.4. The molecule has 0 aliphatic carbocycles. The van der Waals surface area contributed by atoms with E-state index < -0.39 is 0 Å². The molecule has 7 aromatic rings. The Balaban J connectivity index is 0.000000226. The van der Waals surface area contributed by atoms with Crippen LogP contribution in [0.5, 0.6) is 0 Å². The second-order valence-corrected chi connectivity index (χ2v) is 13.5. The van der Waals surface area contributed by atoms with Crippen LogP contribution in [0, 0.1) is 29.6 Å². The van der Waals surface area contributed by atoms with Gasteiger partial charge in [-0.1, -0.05) is 102 Å². The third kappa shape index (κ3) is 6.26. The first kappa shape index (κ1) is 36.2. The van der Waals surface area contributed by atoms with Crippen LogP contribution in [0.1, 0.15) is 72.8 Å². The summed E-state index contributed by atoms with van der Waals surface area (Å²) < 4.78 is 20.9. The summed E-state index contributed by atoms with van der Waals surface area (Å²) in [5.41, 5.74) is 3.86. The van der Waals surface area contributed by atoms with Crippen molar-refractivity contribution in [3.63, 3.8) is 0 Å². The van der Waals surface area contributed by atoms with Crippen molar-refractivity contribution in [1.29, 1.82) is 0 Å². The molecule has 0 spiro atoms. The van der Waals surface area contributed by atoms with E-state index in [1.807, 2.05) is 77.9 Å². The number of rotatable bonds is 8. The molecule has 1 radical (unpaired) electrons. The number of allylic oxidation sites excluding steroid dienone is 2. The molecule has 0 bridgehead atoms. The molecule has 0 amide bonds. The Bertz CT molecular complexity index is 2330. The van der Waals surface area contributed by atoms with Crippen molar-refractivity contribution >= 4 is 60.0 Å². The minimum atomic E-state index is -0.337. The summed E-state index contributed by atoms with van der Waals surface area (Å²) in [5.74, 6) is 0.0679. The van der Waals surface area contributed by atoms with E-state index in [4.69, 9.17) is 9.40 Å². The van der Waals surface area contributed by atoms with Crippen molar-refractivity contribution < 1.29 is 38.8 Å². The van der Waals surface area contributed by atoms with Gasteiger partial charge in [0.25, 0.3) is 0 Å². The van der Waals surface area contributed by atoms with E-state index in [9.17, 15) is 14.3 Å². The van der Waals surface area contributed by atoms with E-state index in [-0.39, 0.29) is 48.3 Å². The molecule has 0 aliphatic rings. The van der Waals surface area contributed by atoms with Gasteiger partial charge in [-0.25, -0.2) is 4.39 Å². The monoisotopic (exact) mass is 833 g/mol. The maximum Gasteiger partial charge on any atom is 0.164 e. The molecule has 255 valence electrons. The van der Waals surface area contributed by atoms with Crippen LogP contribution in [0.25, 0.3) is 65.5 Å². The molecule has 0 saturated heterocycles. The van der Waals surface area contributed by atoms with E-state index in [0.717, 1.165) is 74.8 Å². The van der Waals surface area contributed by atoms with Crippen molar-refractivity contribution in [3.05, 3.63) is 102 Å². The maximum absolute atomic E-state index is 14.7. The van der Waals surface area contributed by atoms with Crippen LogP contribution >= 0.6 is 0 Å². The smallest absolute Gasteiger partial charge is 0.164 e. The van der Waals surface area contributed by atoms with E-state index in [1.54, 1.807) is 12.3 Å². The van der Waals surface area contributed by atoms with Crippen LogP contribution in [0.3, 0.4) is 0 Å². The van der Waals surface area contributed by atoms with Gasteiger partial charge in [-0.2, -0.15) is 0 Å². The Kier molecular flexibility index (Phi) is 10.3. The molecule has 0 aliphatic heterocycles. The summed E-state index contributed by atoms with van der Waals surface area (Å²) >= 11 is 0. The molecular formula is C43H43FIrNO3-. The first-order valence-corrected chi connectivity index (χ1v) is 17.0. The Morgan fingerprint density at radius 3 is 2.18 bits per heavy atom. The van der Waals surface area contributed by atoms with Crippen LogP contribution in [-0.2, 0) is 24.9 Å². The molecule has 49 heavy (non-hydrogen) atoms. The summed E-state index contributed by atoms with van der Waals surface area (Å²) in [6, 6.07) is 25.0. The summed E-state index contributed by atoms with van der Waals surface area (Å²) in [7, 11) is 0. The van der Waals surface area contributed by atoms with E-state index >= 15 is 0 Å². The van der Waals surface area contributed by atoms with Gasteiger partial charge in [0.15, 0.2) is 11.4 Å². The van der Waals surface area contributed by atoms with Gasteiger partial charge in [-0.3, -0.25) is 9.78 Å². The molecule has 0 atom stereocenters. The molecule has 7 rings (SSSR count). The van der Waals surface area contributed by atoms with Gasteiger partial charge in [0.05, 0.1) is 6.20 Å². The number of ketones is 1. The van der Waals surface area contributed by atoms with Crippen LogP contribution in [0.4, 0.5) is 4.39 Å². The number of hydrogen-bond donors (Lipinski definition) is 1. The third-order valence-electron chi connectivity index (χ3n) is 10.9. The fraction of sp³-hybridized carbons (Fsp3) is 0.302. The first-order valence-electron chi connectivity index (χ1n) is 17.0. The van der Waals surface area contributed by atoms with Crippen molar-refractivity contribution in [2.24, 2.45) is 10.8 Å². The van der Waals surface area contributed by atoms with Crippen molar-refractivity contribution in [2.45, 2.75) is 74.1 Å². The number of furan rings is 1. The minimum Gasteiger partial charge on any atom is -0.512 e. The maximum atomic E-state index is 14.7. The third-order valence-corrected chi connectivity index (χ3v) is 10.9. The largest absolute Gasteiger partial charge is 0.512 e. The fourth-order valence-corrected chi connectivity index (χ4v) is 6.65. The Labute approximate surface area is 301 Å². The van der Waals surface area contributed by atoms with Gasteiger partial charge in [0.1, 0.15) is 17.2 Å². The SMILES string of the molecule is CCC(C)(CC)C(=O)/C=C(\O)C(C)(CC)CC.Cc1cc(-c2ncc3oc4cc5cccc(F)c5c5ccc2c3c45)[c-]c2ccccc12.[Ir]. The van der Waals surface area contributed by atoms with Crippen LogP contribution in [0.15, 0.2) is 89.2 Å². The molecule has 0 saturated carbocycles. The van der Waals surface area contributed by atoms with Gasteiger partial charge in [0.2, 0.25) is 0 Å². The molecule has 1 N–H and O–H groups in total. The van der Waals surface area contributed by atoms with Crippen LogP contribution in [-0.4, -0.2) is 15.9 Å². The standard InChI is InChI=1S/C28H15FNO.C15H28O2.Ir/c1-15-11-18(12-16-5-2-3-7-19(15)16)28-21-10-9-20-25-17(6-4-8-22(25)29)13-23-26(20)27(21)24(31-23)14-30-28;1-7-14(5,8-2)12(16)11-13(17)15(6,9-3)10-4;/h2-11,13-14H,1H3;11,16H,7-10H2,1-6H3;/q-1;;/b;12-11-;. The predicted molar refractivity (Wildman–Crippen MR) is 197 cm³/mol. The summed E-state index contributed by atoms with van der Waals surface area (Å²) in [6.07, 6.45) is 6.53. The molecule has 0 unspecified atom stereocenters. The summed E-state index contributed by atoms with van der Waals surface area (Å²) in [6.45, 7) is 14.2. The minimum absolute atomic E-state index is 0. The van der Waals surface area contributed by atoms with Gasteiger partial charge in [0, 0.05) is 58.9 Å². The van der Waals surface area contributed by atoms with E-state index in [0.29, 0.717) is 11.0 Å². The number of benzene rings is 5. The molecule has 2 aromatic heterocycles. The zero-order valence-corrected chi connectivity index (χ0v) is 31.7. The molecule has 5 aromatic carbocycles. The normalized spacial score (nSPS) is 12.5. The van der Waals surface area contributed by atoms with Crippen molar-refractivity contribution in [2.75, 3.05) is 0 Å². The van der Waals surface area contributed by atoms with Crippen LogP contribution < -0.4 is 0 Å². The van der Waals surface area contributed by atoms with Crippen molar-refractivity contribution in [1.82, 2.24) is 4.98 Å². The van der Waals surface area contributed by atoms with Crippen LogP contribution in [0.2, 0.25) is 0 Å². The van der Waals surface area contributed by atoms with Gasteiger partial charge in [-0.05, 0) is 54.0 Å². The number of nitrogens with zero attached hydrogens (tertiary/aromatic N) is 1. The number of pyridine rings is 1. The number of hydrogen-bond acceptors (Lipinski definition) is 4. The Morgan fingerprint density at radius 2 is 1.49 bits per heavy atom. The second-order valence-electron chi connectivity index (χ2n) is 13.5. The molecule has 6 heteroatoms. The number of carbonyl (C=O) groups is 1. The van der Waals surface area contributed by atoms with Gasteiger partial charge < -0.3 is 9.52 Å². The number of aromatic nitrogens is 1. The van der Waals surface area contributed by atoms with E-state index in [2.05, 4.69) is 31.2 Å². The predicted octanol–water partition coefficient (Wildman–Crippen LogP) is 12.4. The topological polar surface area (TPSA) is 63.3 Å². The number of aliphatic hydroxyl groups excluding tert-OH is 1. The van der Waals surface area contributed by atoms with Gasteiger partial charge >= 0.3 is 0 Å². The molecule has 4 nitrogen and oxygen atoms in total. The number of carbonyl (C=O) groups excluding carboxylic acids is 1. The fourth-order valence-electron chi connectivity index (χ4n) is 6.65. The van der Waals surface area contributed by atoms with E-state index in [1.165, 1.54) is 23.1 Å².